The number of hydrogen-bond acceptors (Lipinski definition) is 4. The normalized spacial score (nSPS) is 19.4. The Hall–Kier alpha value is -1.14. The maximum absolute atomic E-state index is 11.7. The van der Waals surface area contributed by atoms with Gasteiger partial charge in [-0.05, 0) is 25.9 Å². The van der Waals surface area contributed by atoms with Crippen LogP contribution in [-0.4, -0.2) is 60.6 Å². The van der Waals surface area contributed by atoms with Gasteiger partial charge in [-0.15, -0.1) is 0 Å². The zero-order valence-corrected chi connectivity index (χ0v) is 10.2. The van der Waals surface area contributed by atoms with Crippen molar-refractivity contribution in [2.45, 2.75) is 25.8 Å². The van der Waals surface area contributed by atoms with E-state index in [4.69, 9.17) is 5.11 Å². The number of carbonyl (C=O) groups excluding carboxylic acids is 1. The molecule has 17 heavy (non-hydrogen) atoms. The second-order valence-electron chi connectivity index (χ2n) is 4.25. The number of carboxylic acids is 1. The molecule has 1 fully saturated rings. The summed E-state index contributed by atoms with van der Waals surface area (Å²) < 4.78 is 0. The number of carboxylic acid groups (broad SMARTS) is 1. The van der Waals surface area contributed by atoms with Crippen LogP contribution in [0.3, 0.4) is 0 Å². The summed E-state index contributed by atoms with van der Waals surface area (Å²) >= 11 is 0. The molecule has 1 aliphatic rings. The molecule has 6 nitrogen and oxygen atoms in total. The van der Waals surface area contributed by atoms with Crippen LogP contribution in [0.5, 0.6) is 0 Å². The molecule has 1 saturated heterocycles. The van der Waals surface area contributed by atoms with Crippen LogP contribution in [0.1, 0.15) is 19.8 Å². The van der Waals surface area contributed by atoms with Gasteiger partial charge < -0.3 is 15.7 Å². The zero-order chi connectivity index (χ0) is 12.7. The SMILES string of the molecule is CC[C@H](NC(=O)CN1CCCNCC1)C(=O)O. The Morgan fingerprint density at radius 1 is 1.41 bits per heavy atom. The predicted molar refractivity (Wildman–Crippen MR) is 63.8 cm³/mol. The highest BCUT2D eigenvalue weighted by atomic mass is 16.4. The Kier molecular flexibility index (Phi) is 5.93. The van der Waals surface area contributed by atoms with Crippen LogP contribution in [0.15, 0.2) is 0 Å². The number of rotatable bonds is 5. The standard InChI is InChI=1S/C11H21N3O3/c1-2-9(11(16)17)13-10(15)8-14-6-3-4-12-5-7-14/h9,12H,2-8H2,1H3,(H,13,15)(H,16,17)/t9-/m0/s1. The first kappa shape index (κ1) is 13.9. The number of carbonyl (C=O) groups is 2. The van der Waals surface area contributed by atoms with Crippen molar-refractivity contribution in [3.63, 3.8) is 0 Å². The molecule has 0 saturated carbocycles. The first-order chi connectivity index (χ1) is 8.13. The van der Waals surface area contributed by atoms with E-state index in [0.717, 1.165) is 32.6 Å². The van der Waals surface area contributed by atoms with Gasteiger partial charge in [0.15, 0.2) is 0 Å². The van der Waals surface area contributed by atoms with Crippen LogP contribution in [0.2, 0.25) is 0 Å². The Morgan fingerprint density at radius 3 is 2.82 bits per heavy atom. The quantitative estimate of drug-likeness (QED) is 0.592. The van der Waals surface area contributed by atoms with Crippen LogP contribution < -0.4 is 10.6 Å². The third-order valence-electron chi connectivity index (χ3n) is 2.84. The monoisotopic (exact) mass is 243 g/mol. The van der Waals surface area contributed by atoms with Crippen molar-refractivity contribution in [1.82, 2.24) is 15.5 Å². The molecule has 0 spiro atoms. The summed E-state index contributed by atoms with van der Waals surface area (Å²) in [7, 11) is 0. The highest BCUT2D eigenvalue weighted by Gasteiger charge is 2.19. The van der Waals surface area contributed by atoms with Gasteiger partial charge >= 0.3 is 5.97 Å². The molecule has 3 N–H and O–H groups in total. The molecule has 1 rings (SSSR count). The lowest BCUT2D eigenvalue weighted by Crippen LogP contribution is -2.45. The van der Waals surface area contributed by atoms with Gasteiger partial charge in [-0.25, -0.2) is 4.79 Å². The largest absolute Gasteiger partial charge is 0.480 e. The first-order valence-corrected chi connectivity index (χ1v) is 6.08. The molecule has 0 aromatic rings. The number of amides is 1. The molecule has 6 heteroatoms. The van der Waals surface area contributed by atoms with Gasteiger partial charge in [-0.1, -0.05) is 6.92 Å². The summed E-state index contributed by atoms with van der Waals surface area (Å²) in [6.07, 6.45) is 1.42. The van der Waals surface area contributed by atoms with E-state index >= 15 is 0 Å². The van der Waals surface area contributed by atoms with Gasteiger partial charge in [0.05, 0.1) is 6.54 Å². The molecular formula is C11H21N3O3. The number of aliphatic carboxylic acids is 1. The Morgan fingerprint density at radius 2 is 2.18 bits per heavy atom. The fraction of sp³-hybridized carbons (Fsp3) is 0.818. The van der Waals surface area contributed by atoms with Gasteiger partial charge in [-0.3, -0.25) is 9.69 Å². The highest BCUT2D eigenvalue weighted by molar-refractivity contribution is 5.84. The molecule has 0 unspecified atom stereocenters. The van der Waals surface area contributed by atoms with Crippen LogP contribution in [0.25, 0.3) is 0 Å². The van der Waals surface area contributed by atoms with E-state index in [0.29, 0.717) is 6.42 Å². The average Bonchev–Trinajstić information content (AvgIpc) is 2.54. The average molecular weight is 243 g/mol. The van der Waals surface area contributed by atoms with Crippen LogP contribution in [-0.2, 0) is 9.59 Å². The second kappa shape index (κ2) is 7.24. The third-order valence-corrected chi connectivity index (χ3v) is 2.84. The predicted octanol–water partition coefficient (Wildman–Crippen LogP) is -0.739. The molecule has 98 valence electrons. The minimum atomic E-state index is -0.974. The van der Waals surface area contributed by atoms with Gasteiger partial charge in [0.2, 0.25) is 5.91 Å². The summed E-state index contributed by atoms with van der Waals surface area (Å²) in [6.45, 7) is 5.59. The smallest absolute Gasteiger partial charge is 0.326 e. The minimum Gasteiger partial charge on any atom is -0.480 e. The molecule has 0 radical (unpaired) electrons. The van der Waals surface area contributed by atoms with E-state index in [1.165, 1.54) is 0 Å². The van der Waals surface area contributed by atoms with E-state index in [1.807, 2.05) is 4.90 Å². The molecule has 1 heterocycles. The molecular weight excluding hydrogens is 222 g/mol. The second-order valence-corrected chi connectivity index (χ2v) is 4.25. The molecule has 0 aromatic heterocycles. The lowest BCUT2D eigenvalue weighted by molar-refractivity contribution is -0.142. The van der Waals surface area contributed by atoms with E-state index in [2.05, 4.69) is 10.6 Å². The molecule has 1 atom stereocenters. The van der Waals surface area contributed by atoms with E-state index in [9.17, 15) is 9.59 Å². The Labute approximate surface area is 101 Å². The van der Waals surface area contributed by atoms with Crippen molar-refractivity contribution >= 4 is 11.9 Å². The summed E-state index contributed by atoms with van der Waals surface area (Å²) in [6, 6.07) is -0.771. The van der Waals surface area contributed by atoms with Gasteiger partial charge in [0, 0.05) is 13.1 Å². The Bertz CT molecular complexity index is 263. The maximum Gasteiger partial charge on any atom is 0.326 e. The lowest BCUT2D eigenvalue weighted by atomic mass is 10.2. The third kappa shape index (κ3) is 5.14. The van der Waals surface area contributed by atoms with Gasteiger partial charge in [0.1, 0.15) is 6.04 Å². The summed E-state index contributed by atoms with van der Waals surface area (Å²) in [4.78, 5) is 24.5. The fourth-order valence-electron chi connectivity index (χ4n) is 1.84. The summed E-state index contributed by atoms with van der Waals surface area (Å²) in [5.74, 6) is -1.18. The highest BCUT2D eigenvalue weighted by Crippen LogP contribution is 1.96. The molecule has 1 amide bonds. The zero-order valence-electron chi connectivity index (χ0n) is 10.2. The molecule has 0 aromatic carbocycles. The summed E-state index contributed by atoms with van der Waals surface area (Å²) in [5.41, 5.74) is 0. The molecule has 0 bridgehead atoms. The van der Waals surface area contributed by atoms with E-state index < -0.39 is 12.0 Å². The Balaban J connectivity index is 2.34. The van der Waals surface area contributed by atoms with Crippen molar-refractivity contribution in [1.29, 1.82) is 0 Å². The van der Waals surface area contributed by atoms with Crippen LogP contribution in [0.4, 0.5) is 0 Å². The van der Waals surface area contributed by atoms with Crippen molar-refractivity contribution in [2.24, 2.45) is 0 Å². The van der Waals surface area contributed by atoms with Crippen LogP contribution in [0, 0.1) is 0 Å². The first-order valence-electron chi connectivity index (χ1n) is 6.08. The lowest BCUT2D eigenvalue weighted by Gasteiger charge is -2.20. The van der Waals surface area contributed by atoms with Crippen molar-refractivity contribution < 1.29 is 14.7 Å². The van der Waals surface area contributed by atoms with E-state index in [1.54, 1.807) is 6.92 Å². The van der Waals surface area contributed by atoms with Crippen molar-refractivity contribution in [2.75, 3.05) is 32.7 Å². The van der Waals surface area contributed by atoms with Gasteiger partial charge in [-0.2, -0.15) is 0 Å². The molecule has 1 aliphatic heterocycles. The van der Waals surface area contributed by atoms with Crippen LogP contribution >= 0.6 is 0 Å². The number of nitrogens with one attached hydrogen (secondary N) is 2. The maximum atomic E-state index is 11.7. The minimum absolute atomic E-state index is 0.207. The number of hydrogen-bond donors (Lipinski definition) is 3. The molecule has 0 aliphatic carbocycles. The fourth-order valence-corrected chi connectivity index (χ4v) is 1.84. The van der Waals surface area contributed by atoms with Crippen molar-refractivity contribution in [3.05, 3.63) is 0 Å². The number of nitrogens with zero attached hydrogens (tertiary/aromatic N) is 1. The van der Waals surface area contributed by atoms with Crippen molar-refractivity contribution in [3.8, 4) is 0 Å². The van der Waals surface area contributed by atoms with Gasteiger partial charge in [0.25, 0.3) is 0 Å². The van der Waals surface area contributed by atoms with E-state index in [-0.39, 0.29) is 12.5 Å². The topological polar surface area (TPSA) is 81.7 Å². The summed E-state index contributed by atoms with van der Waals surface area (Å²) in [5, 5.41) is 14.6.